The topological polar surface area (TPSA) is 57.2 Å². The van der Waals surface area contributed by atoms with E-state index < -0.39 is 10.1 Å². The molecule has 0 atom stereocenters. The Kier molecular flexibility index (Phi) is 6.60. The zero-order valence-corrected chi connectivity index (χ0v) is 9.31. The van der Waals surface area contributed by atoms with Gasteiger partial charge in [0.2, 0.25) is 0 Å². The molecule has 5 heteroatoms. The van der Waals surface area contributed by atoms with Crippen LogP contribution in [0.15, 0.2) is 0 Å². The first-order chi connectivity index (χ1) is 5.12. The van der Waals surface area contributed by atoms with Crippen molar-refractivity contribution in [2.45, 2.75) is 13.8 Å². The molecule has 0 N–H and O–H groups in total. The molecule has 0 aromatic rings. The van der Waals surface area contributed by atoms with Gasteiger partial charge in [0.15, 0.2) is 0 Å². The molecule has 4 nitrogen and oxygen atoms in total. The highest BCUT2D eigenvalue weighted by molar-refractivity contribution is 7.84. The summed E-state index contributed by atoms with van der Waals surface area (Å²) in [4.78, 5) is 0. The molecule has 0 saturated carbocycles. The van der Waals surface area contributed by atoms with Crippen molar-refractivity contribution in [1.29, 1.82) is 0 Å². The first-order valence-corrected chi connectivity index (χ1v) is 5.67. The number of nitrogens with zero attached hydrogens (tertiary/aromatic N) is 1. The summed E-state index contributed by atoms with van der Waals surface area (Å²) in [6.07, 6.45) is 0.604. The lowest BCUT2D eigenvalue weighted by molar-refractivity contribution is -0.886. The maximum absolute atomic E-state index is 9.08. The second-order valence-corrected chi connectivity index (χ2v) is 4.68. The van der Waals surface area contributed by atoms with Crippen molar-refractivity contribution in [1.82, 2.24) is 0 Å². The van der Waals surface area contributed by atoms with Crippen LogP contribution in [0, 0.1) is 0 Å². The van der Waals surface area contributed by atoms with Crippen molar-refractivity contribution in [3.63, 3.8) is 0 Å². The van der Waals surface area contributed by atoms with Crippen LogP contribution in [0.25, 0.3) is 0 Å². The fourth-order valence-electron chi connectivity index (χ4n) is 0.224. The van der Waals surface area contributed by atoms with Crippen LogP contribution in [0.2, 0.25) is 0 Å². The van der Waals surface area contributed by atoms with Crippen LogP contribution in [0.1, 0.15) is 13.8 Å². The van der Waals surface area contributed by atoms with E-state index in [1.54, 1.807) is 0 Å². The lowest BCUT2D eigenvalue weighted by atomic mass is 10.5. The highest BCUT2D eigenvalue weighted by Crippen LogP contribution is 1.91. The monoisotopic (exact) mass is 197 g/mol. The van der Waals surface area contributed by atoms with Crippen molar-refractivity contribution >= 4 is 10.1 Å². The summed E-state index contributed by atoms with van der Waals surface area (Å²) in [6.45, 7) is 6.89. The summed E-state index contributed by atoms with van der Waals surface area (Å²) in [5.41, 5.74) is 0. The Morgan fingerprint density at radius 3 is 1.33 bits per heavy atom. The van der Waals surface area contributed by atoms with Crippen LogP contribution in [0.3, 0.4) is 0 Å². The maximum atomic E-state index is 9.08. The van der Waals surface area contributed by atoms with Crippen molar-refractivity contribution in [2.75, 3.05) is 33.4 Å². The van der Waals surface area contributed by atoms with Gasteiger partial charge >= 0.3 is 0 Å². The fraction of sp³-hybridized carbons (Fsp3) is 1.00. The van der Waals surface area contributed by atoms with Crippen LogP contribution < -0.4 is 0 Å². The smallest absolute Gasteiger partial charge is 0.0916 e. The van der Waals surface area contributed by atoms with Gasteiger partial charge in [-0.25, -0.2) is 8.42 Å². The molecule has 0 radical (unpaired) electrons. The van der Waals surface area contributed by atoms with Gasteiger partial charge in [0.1, 0.15) is 0 Å². The Labute approximate surface area is 75.5 Å². The number of hydrogen-bond acceptors (Lipinski definition) is 3. The highest BCUT2D eigenvalue weighted by atomic mass is 32.2. The second kappa shape index (κ2) is 5.50. The van der Waals surface area contributed by atoms with Gasteiger partial charge in [0.05, 0.1) is 37.3 Å². The first-order valence-electron chi connectivity index (χ1n) is 3.85. The van der Waals surface area contributed by atoms with Crippen molar-refractivity contribution in [3.8, 4) is 0 Å². The minimum Gasteiger partial charge on any atom is -0.748 e. The number of hydrogen-bond donors (Lipinski definition) is 0. The summed E-state index contributed by atoms with van der Waals surface area (Å²) in [7, 11) is 0.556. The average Bonchev–Trinajstić information content (AvgIpc) is 1.85. The number of quaternary nitrogens is 1. The van der Waals surface area contributed by atoms with Gasteiger partial charge in [-0.15, -0.1) is 0 Å². The van der Waals surface area contributed by atoms with Crippen LogP contribution in [-0.4, -0.2) is 50.9 Å². The minimum absolute atomic E-state index is 0.604. The summed E-state index contributed by atoms with van der Waals surface area (Å²) in [5.74, 6) is 0. The van der Waals surface area contributed by atoms with Gasteiger partial charge in [0.25, 0.3) is 0 Å². The molecular weight excluding hydrogens is 178 g/mol. The molecule has 0 aliphatic heterocycles. The molecular formula is C7H19NO3S. The molecule has 0 aliphatic carbocycles. The minimum atomic E-state index is -3.92. The van der Waals surface area contributed by atoms with Crippen LogP contribution in [-0.2, 0) is 10.1 Å². The second-order valence-electron chi connectivity index (χ2n) is 3.27. The SMILES string of the molecule is CC[N+](C)(C)CC.CS(=O)(=O)[O-]. The molecule has 0 heterocycles. The fourth-order valence-corrected chi connectivity index (χ4v) is 0.224. The lowest BCUT2D eigenvalue weighted by Gasteiger charge is -2.25. The highest BCUT2D eigenvalue weighted by Gasteiger charge is 2.04. The van der Waals surface area contributed by atoms with Crippen LogP contribution in [0.4, 0.5) is 0 Å². The van der Waals surface area contributed by atoms with E-state index in [9.17, 15) is 0 Å². The van der Waals surface area contributed by atoms with Crippen molar-refractivity contribution in [3.05, 3.63) is 0 Å². The molecule has 0 aliphatic rings. The van der Waals surface area contributed by atoms with Gasteiger partial charge in [0, 0.05) is 6.26 Å². The normalized spacial score (nSPS) is 11.8. The molecule has 0 spiro atoms. The van der Waals surface area contributed by atoms with Gasteiger partial charge in [-0.2, -0.15) is 0 Å². The molecule has 0 fully saturated rings. The average molecular weight is 197 g/mol. The molecule has 76 valence electrons. The largest absolute Gasteiger partial charge is 0.748 e. The summed E-state index contributed by atoms with van der Waals surface area (Å²) >= 11 is 0. The van der Waals surface area contributed by atoms with Gasteiger partial charge < -0.3 is 9.04 Å². The molecule has 0 rings (SSSR count). The van der Waals surface area contributed by atoms with E-state index >= 15 is 0 Å². The van der Waals surface area contributed by atoms with E-state index in [-0.39, 0.29) is 0 Å². The standard InChI is InChI=1S/C6H16N.CH4O3S/c1-5-7(3,4)6-2;1-5(2,3)4/h5-6H2,1-4H3;1H3,(H,2,3,4)/q+1;/p-1. The molecule has 12 heavy (non-hydrogen) atoms. The number of rotatable bonds is 2. The van der Waals surface area contributed by atoms with E-state index in [1.807, 2.05) is 0 Å². The van der Waals surface area contributed by atoms with Crippen molar-refractivity contribution in [2.24, 2.45) is 0 Å². The van der Waals surface area contributed by atoms with E-state index in [1.165, 1.54) is 13.1 Å². The molecule has 0 amide bonds. The van der Waals surface area contributed by atoms with E-state index in [0.29, 0.717) is 6.26 Å². The molecule has 0 saturated heterocycles. The Hall–Kier alpha value is -0.130. The zero-order chi connectivity index (χ0) is 10.4. The van der Waals surface area contributed by atoms with Gasteiger partial charge in [-0.05, 0) is 13.8 Å². The van der Waals surface area contributed by atoms with E-state index in [0.717, 1.165) is 4.48 Å². The maximum Gasteiger partial charge on any atom is 0.0916 e. The van der Waals surface area contributed by atoms with Crippen LogP contribution >= 0.6 is 0 Å². The van der Waals surface area contributed by atoms with Crippen molar-refractivity contribution < 1.29 is 17.5 Å². The molecule has 0 bridgehead atoms. The van der Waals surface area contributed by atoms with E-state index in [4.69, 9.17) is 13.0 Å². The predicted molar refractivity (Wildman–Crippen MR) is 48.8 cm³/mol. The Bertz CT molecular complexity index is 183. The lowest BCUT2D eigenvalue weighted by Crippen LogP contribution is -2.38. The summed E-state index contributed by atoms with van der Waals surface area (Å²) in [6, 6.07) is 0. The third-order valence-corrected chi connectivity index (χ3v) is 1.71. The third kappa shape index (κ3) is 22.5. The zero-order valence-electron chi connectivity index (χ0n) is 8.49. The Balaban J connectivity index is 0. The first kappa shape index (κ1) is 14.4. The summed E-state index contributed by atoms with van der Waals surface area (Å²) < 4.78 is 28.4. The molecule has 0 aromatic heterocycles. The van der Waals surface area contributed by atoms with Crippen LogP contribution in [0.5, 0.6) is 0 Å². The predicted octanol–water partition coefficient (Wildman–Crippen LogP) is 0.264. The molecule has 0 unspecified atom stereocenters. The molecule has 0 aromatic carbocycles. The van der Waals surface area contributed by atoms with Gasteiger partial charge in [-0.1, -0.05) is 0 Å². The van der Waals surface area contributed by atoms with E-state index in [2.05, 4.69) is 27.9 Å². The Morgan fingerprint density at radius 2 is 1.33 bits per heavy atom. The quantitative estimate of drug-likeness (QED) is 0.471. The summed E-state index contributed by atoms with van der Waals surface area (Å²) in [5, 5.41) is 0. The van der Waals surface area contributed by atoms with Gasteiger partial charge in [-0.3, -0.25) is 0 Å². The third-order valence-electron chi connectivity index (χ3n) is 1.71. The Morgan fingerprint density at radius 1 is 1.17 bits per heavy atom.